The Hall–Kier alpha value is -1.73. The molecule has 0 aliphatic heterocycles. The number of carbonyl (C=O) groups is 1. The molecule has 1 atom stereocenters. The van der Waals surface area contributed by atoms with E-state index in [2.05, 4.69) is 21.2 Å². The molecule has 0 aliphatic carbocycles. The molecule has 0 bridgehead atoms. The molecule has 7 heteroatoms. The van der Waals surface area contributed by atoms with Crippen molar-refractivity contribution in [2.24, 2.45) is 0 Å². The summed E-state index contributed by atoms with van der Waals surface area (Å²) in [6.45, 7) is 1.98. The minimum Gasteiger partial charge on any atom is -0.344 e. The van der Waals surface area contributed by atoms with Gasteiger partial charge in [-0.3, -0.25) is 14.9 Å². The summed E-state index contributed by atoms with van der Waals surface area (Å²) >= 11 is 4.68. The molecule has 1 heterocycles. The van der Waals surface area contributed by atoms with Gasteiger partial charge in [-0.2, -0.15) is 0 Å². The van der Waals surface area contributed by atoms with Crippen LogP contribution in [0.15, 0.2) is 40.2 Å². The number of hydrogen-bond acceptors (Lipinski definition) is 4. The van der Waals surface area contributed by atoms with Crippen molar-refractivity contribution in [1.29, 1.82) is 0 Å². The Morgan fingerprint density at radius 1 is 1.48 bits per heavy atom. The third-order valence-corrected chi connectivity index (χ3v) is 4.66. The number of nitro benzene ring substituents is 1. The Kier molecular flexibility index (Phi) is 5.08. The summed E-state index contributed by atoms with van der Waals surface area (Å²) in [6.07, 6.45) is 0.755. The van der Waals surface area contributed by atoms with Crippen molar-refractivity contribution >= 4 is 38.9 Å². The fourth-order valence-electron chi connectivity index (χ4n) is 1.90. The number of nitrogens with one attached hydrogen (secondary N) is 1. The van der Waals surface area contributed by atoms with E-state index in [1.807, 2.05) is 24.4 Å². The second kappa shape index (κ2) is 6.82. The number of nitrogens with zero attached hydrogens (tertiary/aromatic N) is 1. The highest BCUT2D eigenvalue weighted by molar-refractivity contribution is 9.10. The Balaban J connectivity index is 2.20. The minimum atomic E-state index is -0.516. The molecular formula is C14H13BrN2O3S. The molecule has 2 aromatic rings. The van der Waals surface area contributed by atoms with Gasteiger partial charge in [0.05, 0.1) is 15.4 Å². The molecule has 0 fully saturated rings. The van der Waals surface area contributed by atoms with Gasteiger partial charge in [0.15, 0.2) is 0 Å². The standard InChI is InChI=1S/C14H13BrN2O3S/c1-2-11(13-4-3-7-21-13)16-14(18)9-5-6-10(15)12(8-9)17(19)20/h3-8,11H,2H2,1H3,(H,16,18). The van der Waals surface area contributed by atoms with Crippen LogP contribution in [0.2, 0.25) is 0 Å². The lowest BCUT2D eigenvalue weighted by Crippen LogP contribution is -2.27. The van der Waals surface area contributed by atoms with Gasteiger partial charge in [-0.15, -0.1) is 11.3 Å². The van der Waals surface area contributed by atoms with E-state index >= 15 is 0 Å². The average molecular weight is 369 g/mol. The lowest BCUT2D eigenvalue weighted by Gasteiger charge is -2.15. The molecule has 1 N–H and O–H groups in total. The molecule has 1 aromatic carbocycles. The zero-order valence-corrected chi connectivity index (χ0v) is 13.6. The third-order valence-electron chi connectivity index (χ3n) is 3.01. The van der Waals surface area contributed by atoms with E-state index in [-0.39, 0.29) is 23.2 Å². The van der Waals surface area contributed by atoms with Crippen LogP contribution in [0.1, 0.15) is 34.6 Å². The van der Waals surface area contributed by atoms with Crippen molar-refractivity contribution in [3.8, 4) is 0 Å². The van der Waals surface area contributed by atoms with E-state index in [4.69, 9.17) is 0 Å². The van der Waals surface area contributed by atoms with Crippen molar-refractivity contribution in [1.82, 2.24) is 5.32 Å². The van der Waals surface area contributed by atoms with Gasteiger partial charge in [-0.1, -0.05) is 13.0 Å². The zero-order valence-electron chi connectivity index (χ0n) is 11.2. The van der Waals surface area contributed by atoms with Gasteiger partial charge in [0.25, 0.3) is 11.6 Å². The van der Waals surface area contributed by atoms with Crippen LogP contribution in [0, 0.1) is 10.1 Å². The molecule has 110 valence electrons. The molecule has 5 nitrogen and oxygen atoms in total. The van der Waals surface area contributed by atoms with Crippen LogP contribution < -0.4 is 5.32 Å². The first-order chi connectivity index (χ1) is 10.0. The van der Waals surface area contributed by atoms with Crippen molar-refractivity contribution in [3.63, 3.8) is 0 Å². The molecule has 21 heavy (non-hydrogen) atoms. The number of carbonyl (C=O) groups excluding carboxylic acids is 1. The lowest BCUT2D eigenvalue weighted by atomic mass is 10.1. The number of benzene rings is 1. The highest BCUT2D eigenvalue weighted by Crippen LogP contribution is 2.26. The molecule has 2 rings (SSSR count). The molecule has 1 aromatic heterocycles. The molecule has 0 aliphatic rings. The van der Waals surface area contributed by atoms with Crippen molar-refractivity contribution in [2.45, 2.75) is 19.4 Å². The second-order valence-corrected chi connectivity index (χ2v) is 6.21. The maximum Gasteiger partial charge on any atom is 0.284 e. The van der Waals surface area contributed by atoms with Gasteiger partial charge in [0.1, 0.15) is 0 Å². The van der Waals surface area contributed by atoms with Crippen molar-refractivity contribution in [2.75, 3.05) is 0 Å². The molecule has 1 unspecified atom stereocenters. The minimum absolute atomic E-state index is 0.0831. The summed E-state index contributed by atoms with van der Waals surface area (Å²) in [7, 11) is 0. The Bertz CT molecular complexity index is 658. The molecular weight excluding hydrogens is 356 g/mol. The molecule has 0 radical (unpaired) electrons. The summed E-state index contributed by atoms with van der Waals surface area (Å²) in [5.41, 5.74) is 0.159. The summed E-state index contributed by atoms with van der Waals surface area (Å²) in [5, 5.41) is 15.8. The number of halogens is 1. The quantitative estimate of drug-likeness (QED) is 0.631. The van der Waals surface area contributed by atoms with E-state index in [0.717, 1.165) is 11.3 Å². The monoisotopic (exact) mass is 368 g/mol. The van der Waals surface area contributed by atoms with E-state index in [9.17, 15) is 14.9 Å². The van der Waals surface area contributed by atoms with Gasteiger partial charge < -0.3 is 5.32 Å². The first-order valence-electron chi connectivity index (χ1n) is 6.31. The normalized spacial score (nSPS) is 11.9. The van der Waals surface area contributed by atoms with E-state index in [0.29, 0.717) is 4.47 Å². The number of hydrogen-bond donors (Lipinski definition) is 1. The van der Waals surface area contributed by atoms with Crippen LogP contribution in [0.4, 0.5) is 5.69 Å². The predicted molar refractivity (Wildman–Crippen MR) is 85.6 cm³/mol. The summed E-state index contributed by atoms with van der Waals surface area (Å²) in [6, 6.07) is 8.16. The smallest absolute Gasteiger partial charge is 0.284 e. The SMILES string of the molecule is CCC(NC(=O)c1ccc(Br)c([N+](=O)[O-])c1)c1cccs1. The van der Waals surface area contributed by atoms with Crippen LogP contribution in [0.25, 0.3) is 0 Å². The average Bonchev–Trinajstić information content (AvgIpc) is 2.98. The van der Waals surface area contributed by atoms with Gasteiger partial charge in [0.2, 0.25) is 0 Å². The first kappa shape index (κ1) is 15.7. The fraction of sp³-hybridized carbons (Fsp3) is 0.214. The van der Waals surface area contributed by atoms with Crippen LogP contribution >= 0.6 is 27.3 Å². The van der Waals surface area contributed by atoms with Crippen LogP contribution in [-0.2, 0) is 0 Å². The van der Waals surface area contributed by atoms with Crippen molar-refractivity contribution < 1.29 is 9.72 Å². The number of thiophene rings is 1. The first-order valence-corrected chi connectivity index (χ1v) is 7.98. The zero-order chi connectivity index (χ0) is 15.4. The Morgan fingerprint density at radius 3 is 2.81 bits per heavy atom. The van der Waals surface area contributed by atoms with Gasteiger partial charge in [-0.25, -0.2) is 0 Å². The van der Waals surface area contributed by atoms with E-state index in [1.54, 1.807) is 17.4 Å². The molecule has 1 amide bonds. The summed E-state index contributed by atoms with van der Waals surface area (Å²) in [4.78, 5) is 23.7. The van der Waals surface area contributed by atoms with Crippen LogP contribution in [0.5, 0.6) is 0 Å². The lowest BCUT2D eigenvalue weighted by molar-refractivity contribution is -0.385. The Labute approximate surface area is 134 Å². The number of nitro groups is 1. The largest absolute Gasteiger partial charge is 0.344 e. The molecule has 0 saturated carbocycles. The molecule has 0 spiro atoms. The van der Waals surface area contributed by atoms with E-state index < -0.39 is 4.92 Å². The predicted octanol–water partition coefficient (Wildman–Crippen LogP) is 4.30. The fourth-order valence-corrected chi connectivity index (χ4v) is 3.15. The topological polar surface area (TPSA) is 72.2 Å². The Morgan fingerprint density at radius 2 is 2.24 bits per heavy atom. The highest BCUT2D eigenvalue weighted by atomic mass is 79.9. The van der Waals surface area contributed by atoms with Crippen LogP contribution in [-0.4, -0.2) is 10.8 Å². The number of rotatable bonds is 5. The highest BCUT2D eigenvalue weighted by Gasteiger charge is 2.19. The second-order valence-electron chi connectivity index (χ2n) is 4.37. The van der Waals surface area contributed by atoms with Gasteiger partial charge in [-0.05, 0) is 45.9 Å². The third kappa shape index (κ3) is 3.68. The van der Waals surface area contributed by atoms with Crippen molar-refractivity contribution in [3.05, 3.63) is 60.7 Å². The van der Waals surface area contributed by atoms with Gasteiger partial charge >= 0.3 is 0 Å². The summed E-state index contributed by atoms with van der Waals surface area (Å²) in [5.74, 6) is -0.314. The number of amides is 1. The van der Waals surface area contributed by atoms with Crippen LogP contribution in [0.3, 0.4) is 0 Å². The maximum atomic E-state index is 12.3. The van der Waals surface area contributed by atoms with E-state index in [1.165, 1.54) is 12.1 Å². The van der Waals surface area contributed by atoms with Gasteiger partial charge in [0, 0.05) is 16.5 Å². The maximum absolute atomic E-state index is 12.3. The summed E-state index contributed by atoms with van der Waals surface area (Å²) < 4.78 is 0.356. The molecule has 0 saturated heterocycles.